The molecule has 0 amide bonds. The molecule has 6 nitrogen and oxygen atoms in total. The zero-order valence-corrected chi connectivity index (χ0v) is 12.8. The van der Waals surface area contributed by atoms with Gasteiger partial charge in [0.25, 0.3) is 0 Å². The highest BCUT2D eigenvalue weighted by Gasteiger charge is 2.11. The molecular weight excluding hydrogens is 258 g/mol. The maximum Gasteiger partial charge on any atom is 0.224 e. The first-order valence-corrected chi connectivity index (χ1v) is 6.89. The number of hydrogen-bond acceptors (Lipinski definition) is 6. The van der Waals surface area contributed by atoms with E-state index in [0.717, 1.165) is 25.1 Å². The highest BCUT2D eigenvalue weighted by Crippen LogP contribution is 2.22. The molecule has 0 aliphatic carbocycles. The average Bonchev–Trinajstić information content (AvgIpc) is 2.45. The fourth-order valence-corrected chi connectivity index (χ4v) is 1.66. The van der Waals surface area contributed by atoms with Crippen molar-refractivity contribution in [1.82, 2.24) is 15.3 Å². The smallest absolute Gasteiger partial charge is 0.224 e. The minimum absolute atomic E-state index is 0.532. The Kier molecular flexibility index (Phi) is 7.91. The van der Waals surface area contributed by atoms with Crippen molar-refractivity contribution in [3.8, 4) is 11.8 Å². The van der Waals surface area contributed by atoms with Gasteiger partial charge < -0.3 is 19.5 Å². The van der Waals surface area contributed by atoms with Gasteiger partial charge >= 0.3 is 0 Å². The molecule has 6 heteroatoms. The fourth-order valence-electron chi connectivity index (χ4n) is 1.66. The van der Waals surface area contributed by atoms with Crippen molar-refractivity contribution in [1.29, 1.82) is 0 Å². The molecule has 1 rings (SSSR count). The van der Waals surface area contributed by atoms with Crippen LogP contribution in [0.25, 0.3) is 0 Å². The highest BCUT2D eigenvalue weighted by atomic mass is 16.5. The molecule has 0 saturated carbocycles. The molecule has 1 aromatic heterocycles. The first-order valence-electron chi connectivity index (χ1n) is 6.89. The largest absolute Gasteiger partial charge is 0.481 e. The summed E-state index contributed by atoms with van der Waals surface area (Å²) >= 11 is 0. The first kappa shape index (κ1) is 16.7. The van der Waals surface area contributed by atoms with Crippen LogP contribution in [0.2, 0.25) is 0 Å². The summed E-state index contributed by atoms with van der Waals surface area (Å²) in [5.41, 5.74) is 0.819. The molecule has 0 spiro atoms. The second-order valence-electron chi connectivity index (χ2n) is 4.84. The summed E-state index contributed by atoms with van der Waals surface area (Å²) in [6, 6.07) is 0. The summed E-state index contributed by atoms with van der Waals surface area (Å²) in [6.07, 6.45) is 2.52. The van der Waals surface area contributed by atoms with E-state index in [-0.39, 0.29) is 0 Å². The monoisotopic (exact) mass is 283 g/mol. The van der Waals surface area contributed by atoms with Gasteiger partial charge in [-0.05, 0) is 12.3 Å². The third kappa shape index (κ3) is 5.71. The van der Waals surface area contributed by atoms with Crippen molar-refractivity contribution >= 4 is 0 Å². The van der Waals surface area contributed by atoms with Crippen molar-refractivity contribution in [3.63, 3.8) is 0 Å². The molecule has 1 N–H and O–H groups in total. The molecule has 0 radical (unpaired) electrons. The zero-order chi connectivity index (χ0) is 14.8. The van der Waals surface area contributed by atoms with E-state index in [4.69, 9.17) is 14.2 Å². The first-order chi connectivity index (χ1) is 9.69. The van der Waals surface area contributed by atoms with Gasteiger partial charge in [-0.15, -0.1) is 0 Å². The average molecular weight is 283 g/mol. The van der Waals surface area contributed by atoms with Gasteiger partial charge in [0.1, 0.15) is 6.33 Å². The second-order valence-corrected chi connectivity index (χ2v) is 4.84. The number of hydrogen-bond donors (Lipinski definition) is 1. The van der Waals surface area contributed by atoms with Crippen molar-refractivity contribution in [2.24, 2.45) is 5.92 Å². The molecular formula is C14H25N3O3. The molecule has 0 aromatic carbocycles. The third-order valence-electron chi connectivity index (χ3n) is 2.82. The molecule has 20 heavy (non-hydrogen) atoms. The molecule has 114 valence electrons. The van der Waals surface area contributed by atoms with Gasteiger partial charge in [-0.25, -0.2) is 9.97 Å². The van der Waals surface area contributed by atoms with Crippen LogP contribution < -0.4 is 14.8 Å². The molecule has 0 aliphatic heterocycles. The third-order valence-corrected chi connectivity index (χ3v) is 2.82. The van der Waals surface area contributed by atoms with Crippen LogP contribution in [0.1, 0.15) is 25.8 Å². The Bertz CT molecular complexity index is 364. The van der Waals surface area contributed by atoms with Gasteiger partial charge in [-0.3, -0.25) is 0 Å². The maximum absolute atomic E-state index is 5.54. The molecule has 1 heterocycles. The summed E-state index contributed by atoms with van der Waals surface area (Å²) in [7, 11) is 3.17. The number of methoxy groups -OCH3 is 2. The molecule has 0 saturated heterocycles. The van der Waals surface area contributed by atoms with Crippen LogP contribution in [0.15, 0.2) is 6.33 Å². The van der Waals surface area contributed by atoms with Crippen LogP contribution in [0.3, 0.4) is 0 Å². The van der Waals surface area contributed by atoms with E-state index in [2.05, 4.69) is 29.1 Å². The van der Waals surface area contributed by atoms with Crippen LogP contribution >= 0.6 is 0 Å². The van der Waals surface area contributed by atoms with E-state index in [1.54, 1.807) is 14.2 Å². The van der Waals surface area contributed by atoms with Crippen LogP contribution in [0, 0.1) is 5.92 Å². The van der Waals surface area contributed by atoms with Crippen molar-refractivity contribution < 1.29 is 14.2 Å². The van der Waals surface area contributed by atoms with Gasteiger partial charge in [0.2, 0.25) is 11.8 Å². The Morgan fingerprint density at radius 2 is 1.75 bits per heavy atom. The number of aromatic nitrogens is 2. The Labute approximate surface area is 120 Å². The maximum atomic E-state index is 5.54. The Morgan fingerprint density at radius 3 is 2.30 bits per heavy atom. The van der Waals surface area contributed by atoms with Crippen molar-refractivity contribution in [3.05, 3.63) is 11.9 Å². The minimum atomic E-state index is 0.532. The molecule has 0 unspecified atom stereocenters. The molecule has 0 aliphatic rings. The fraction of sp³-hybridized carbons (Fsp3) is 0.714. The zero-order valence-electron chi connectivity index (χ0n) is 12.8. The van der Waals surface area contributed by atoms with E-state index in [0.29, 0.717) is 30.8 Å². The predicted octanol–water partition coefficient (Wildman–Crippen LogP) is 1.65. The van der Waals surface area contributed by atoms with Crippen LogP contribution in [0.4, 0.5) is 0 Å². The van der Waals surface area contributed by atoms with E-state index in [1.165, 1.54) is 6.33 Å². The number of nitrogens with one attached hydrogen (secondary N) is 1. The normalized spacial score (nSPS) is 10.8. The van der Waals surface area contributed by atoms with Crippen LogP contribution in [0.5, 0.6) is 11.8 Å². The Balaban J connectivity index is 2.31. The van der Waals surface area contributed by atoms with Crippen molar-refractivity contribution in [2.45, 2.75) is 26.8 Å². The second kappa shape index (κ2) is 9.50. The van der Waals surface area contributed by atoms with Crippen LogP contribution in [-0.2, 0) is 11.3 Å². The molecule has 1 aromatic rings. The molecule has 0 atom stereocenters. The number of rotatable bonds is 10. The molecule has 0 bridgehead atoms. The number of ether oxygens (including phenoxy) is 3. The summed E-state index contributed by atoms with van der Waals surface area (Å²) in [6.45, 7) is 7.22. The lowest BCUT2D eigenvalue weighted by molar-refractivity contribution is 0.125. The van der Waals surface area contributed by atoms with Gasteiger partial charge in [0, 0.05) is 19.7 Å². The van der Waals surface area contributed by atoms with Gasteiger partial charge in [0.15, 0.2) is 0 Å². The van der Waals surface area contributed by atoms with E-state index >= 15 is 0 Å². The minimum Gasteiger partial charge on any atom is -0.481 e. The topological polar surface area (TPSA) is 65.5 Å². The Morgan fingerprint density at radius 1 is 1.10 bits per heavy atom. The van der Waals surface area contributed by atoms with Crippen molar-refractivity contribution in [2.75, 3.05) is 34.0 Å². The van der Waals surface area contributed by atoms with E-state index < -0.39 is 0 Å². The SMILES string of the molecule is COc1ncnc(OC)c1CNCCOCCC(C)C. The van der Waals surface area contributed by atoms with Gasteiger partial charge in [-0.2, -0.15) is 0 Å². The lowest BCUT2D eigenvalue weighted by atomic mass is 10.1. The lowest BCUT2D eigenvalue weighted by Gasteiger charge is -2.12. The Hall–Kier alpha value is -1.40. The highest BCUT2D eigenvalue weighted by molar-refractivity contribution is 5.34. The van der Waals surface area contributed by atoms with Crippen LogP contribution in [-0.4, -0.2) is 43.9 Å². The lowest BCUT2D eigenvalue weighted by Crippen LogP contribution is -2.21. The predicted molar refractivity (Wildman–Crippen MR) is 77.1 cm³/mol. The standard InChI is InChI=1S/C14H25N3O3/c1-11(2)5-7-20-8-6-15-9-12-13(18-3)16-10-17-14(12)19-4/h10-11,15H,5-9H2,1-4H3. The van der Waals surface area contributed by atoms with Gasteiger partial charge in [-0.1, -0.05) is 13.8 Å². The summed E-state index contributed by atoms with van der Waals surface area (Å²) < 4.78 is 16.0. The summed E-state index contributed by atoms with van der Waals surface area (Å²) in [5.74, 6) is 1.74. The molecule has 0 fully saturated rings. The summed E-state index contributed by atoms with van der Waals surface area (Å²) in [5, 5.41) is 3.27. The number of nitrogens with zero attached hydrogens (tertiary/aromatic N) is 2. The van der Waals surface area contributed by atoms with E-state index in [1.807, 2.05) is 0 Å². The quantitative estimate of drug-likeness (QED) is 0.659. The van der Waals surface area contributed by atoms with Gasteiger partial charge in [0.05, 0.1) is 26.4 Å². The summed E-state index contributed by atoms with van der Waals surface area (Å²) in [4.78, 5) is 8.14. The van der Waals surface area contributed by atoms with E-state index in [9.17, 15) is 0 Å².